The standard InChI is InChI=1S/C21H31N3O4/c25-20(17-4-2-1-3-5-17)23-14-10-21(11-15-23)8-12-22(13-9-21)16-18-6-7-19(28-18)24(26)27/h6-7,17H,1-5,8-16H2. The molecule has 1 saturated carbocycles. The predicted octanol–water partition coefficient (Wildman–Crippen LogP) is 3.97. The number of piperidine rings is 2. The molecule has 1 spiro atoms. The third kappa shape index (κ3) is 4.24. The van der Waals surface area contributed by atoms with Crippen LogP contribution in [0.25, 0.3) is 0 Å². The van der Waals surface area contributed by atoms with Gasteiger partial charge >= 0.3 is 5.88 Å². The summed E-state index contributed by atoms with van der Waals surface area (Å²) in [6.45, 7) is 4.45. The van der Waals surface area contributed by atoms with Crippen molar-refractivity contribution in [1.29, 1.82) is 0 Å². The molecule has 3 aliphatic rings. The molecule has 0 radical (unpaired) electrons. The van der Waals surface area contributed by atoms with E-state index in [9.17, 15) is 14.9 Å². The number of hydrogen-bond donors (Lipinski definition) is 0. The SMILES string of the molecule is O=C(C1CCCCC1)N1CCC2(CCN(Cc3ccc([N+](=O)[O-])o3)CC2)CC1. The fraction of sp³-hybridized carbons (Fsp3) is 0.762. The molecule has 0 atom stereocenters. The maximum Gasteiger partial charge on any atom is 0.433 e. The van der Waals surface area contributed by atoms with Crippen LogP contribution in [-0.4, -0.2) is 46.8 Å². The summed E-state index contributed by atoms with van der Waals surface area (Å²) in [5, 5.41) is 10.8. The smallest absolute Gasteiger partial charge is 0.404 e. The average molecular weight is 389 g/mol. The summed E-state index contributed by atoms with van der Waals surface area (Å²) in [7, 11) is 0. The highest BCUT2D eigenvalue weighted by molar-refractivity contribution is 5.79. The first-order valence-electron chi connectivity index (χ1n) is 10.8. The molecule has 2 aliphatic heterocycles. The molecular formula is C21H31N3O4. The Morgan fingerprint density at radius 3 is 2.32 bits per heavy atom. The van der Waals surface area contributed by atoms with Crippen molar-refractivity contribution in [3.8, 4) is 0 Å². The molecule has 0 aromatic carbocycles. The zero-order chi connectivity index (χ0) is 19.6. The van der Waals surface area contributed by atoms with E-state index < -0.39 is 4.92 Å². The second kappa shape index (κ2) is 8.23. The molecule has 0 bridgehead atoms. The Hall–Kier alpha value is -1.89. The van der Waals surface area contributed by atoms with Crippen molar-refractivity contribution in [2.24, 2.45) is 11.3 Å². The highest BCUT2D eigenvalue weighted by atomic mass is 16.6. The van der Waals surface area contributed by atoms with E-state index in [1.165, 1.54) is 25.3 Å². The van der Waals surface area contributed by atoms with Gasteiger partial charge in [0.1, 0.15) is 10.7 Å². The second-order valence-electron chi connectivity index (χ2n) is 8.93. The molecule has 7 nitrogen and oxygen atoms in total. The van der Waals surface area contributed by atoms with Crippen molar-refractivity contribution in [2.45, 2.75) is 64.3 Å². The van der Waals surface area contributed by atoms with Crippen LogP contribution < -0.4 is 0 Å². The molecule has 1 amide bonds. The first kappa shape index (κ1) is 19.4. The van der Waals surface area contributed by atoms with Gasteiger partial charge in [-0.15, -0.1) is 0 Å². The van der Waals surface area contributed by atoms with Crippen LogP contribution in [0.3, 0.4) is 0 Å². The van der Waals surface area contributed by atoms with E-state index in [0.717, 1.165) is 64.7 Å². The van der Waals surface area contributed by atoms with Gasteiger partial charge in [-0.25, -0.2) is 0 Å². The van der Waals surface area contributed by atoms with Gasteiger partial charge in [-0.2, -0.15) is 0 Å². The summed E-state index contributed by atoms with van der Waals surface area (Å²) in [6.07, 6.45) is 10.4. The van der Waals surface area contributed by atoms with Gasteiger partial charge in [-0.3, -0.25) is 19.8 Å². The minimum atomic E-state index is -0.489. The molecule has 1 aliphatic carbocycles. The number of carbonyl (C=O) groups excluding carboxylic acids is 1. The van der Waals surface area contributed by atoms with Gasteiger partial charge in [-0.1, -0.05) is 19.3 Å². The van der Waals surface area contributed by atoms with Gasteiger partial charge in [0.05, 0.1) is 12.6 Å². The van der Waals surface area contributed by atoms with Gasteiger partial charge < -0.3 is 9.32 Å². The summed E-state index contributed by atoms with van der Waals surface area (Å²) < 4.78 is 5.30. The zero-order valence-electron chi connectivity index (χ0n) is 16.6. The molecule has 0 N–H and O–H groups in total. The van der Waals surface area contributed by atoms with Gasteiger partial charge in [0.25, 0.3) is 0 Å². The van der Waals surface area contributed by atoms with Gasteiger partial charge in [-0.05, 0) is 63.1 Å². The number of nitro groups is 1. The number of furan rings is 1. The Morgan fingerprint density at radius 1 is 1.07 bits per heavy atom. The minimum absolute atomic E-state index is 0.182. The number of carbonyl (C=O) groups is 1. The second-order valence-corrected chi connectivity index (χ2v) is 8.93. The Balaban J connectivity index is 1.24. The van der Waals surface area contributed by atoms with Crippen molar-refractivity contribution in [2.75, 3.05) is 26.2 Å². The predicted molar refractivity (Wildman–Crippen MR) is 105 cm³/mol. The van der Waals surface area contributed by atoms with Crippen LogP contribution in [0.2, 0.25) is 0 Å². The minimum Gasteiger partial charge on any atom is -0.404 e. The van der Waals surface area contributed by atoms with Crippen LogP contribution in [-0.2, 0) is 11.3 Å². The first-order valence-corrected chi connectivity index (χ1v) is 10.8. The normalized spacial score (nSPS) is 23.8. The summed E-state index contributed by atoms with van der Waals surface area (Å²) in [5.74, 6) is 1.17. The Kier molecular flexibility index (Phi) is 5.71. The zero-order valence-corrected chi connectivity index (χ0v) is 16.6. The molecule has 1 aromatic rings. The fourth-order valence-electron chi connectivity index (χ4n) is 5.26. The van der Waals surface area contributed by atoms with E-state index in [1.807, 2.05) is 0 Å². The van der Waals surface area contributed by atoms with E-state index in [4.69, 9.17) is 4.42 Å². The fourth-order valence-corrected chi connectivity index (χ4v) is 5.26. The molecule has 3 fully saturated rings. The number of nitrogens with zero attached hydrogens (tertiary/aromatic N) is 3. The van der Waals surface area contributed by atoms with Crippen LogP contribution in [0.5, 0.6) is 0 Å². The van der Waals surface area contributed by atoms with Gasteiger partial charge in [0.2, 0.25) is 5.91 Å². The van der Waals surface area contributed by atoms with E-state index in [0.29, 0.717) is 23.6 Å². The monoisotopic (exact) mass is 389 g/mol. The highest BCUT2D eigenvalue weighted by Crippen LogP contribution is 2.42. The van der Waals surface area contributed by atoms with Crippen LogP contribution in [0.1, 0.15) is 63.5 Å². The lowest BCUT2D eigenvalue weighted by atomic mass is 9.71. The third-order valence-electron chi connectivity index (χ3n) is 7.21. The maximum atomic E-state index is 12.8. The Bertz CT molecular complexity index is 692. The quantitative estimate of drug-likeness (QED) is 0.575. The lowest BCUT2D eigenvalue weighted by Crippen LogP contribution is -2.49. The molecular weight excluding hydrogens is 358 g/mol. The molecule has 2 saturated heterocycles. The number of rotatable bonds is 4. The molecule has 154 valence electrons. The van der Waals surface area contributed by atoms with E-state index in [2.05, 4.69) is 9.80 Å². The lowest BCUT2D eigenvalue weighted by molar-refractivity contribution is -0.402. The summed E-state index contributed by atoms with van der Waals surface area (Å²) in [6, 6.07) is 3.14. The topological polar surface area (TPSA) is 79.8 Å². The van der Waals surface area contributed by atoms with Crippen molar-refractivity contribution in [3.05, 3.63) is 28.0 Å². The summed E-state index contributed by atoms with van der Waals surface area (Å²) in [4.78, 5) is 27.5. The number of likely N-dealkylation sites (tertiary alicyclic amines) is 2. The molecule has 28 heavy (non-hydrogen) atoms. The third-order valence-corrected chi connectivity index (χ3v) is 7.21. The summed E-state index contributed by atoms with van der Waals surface area (Å²) in [5.41, 5.74) is 0.370. The van der Waals surface area contributed by atoms with Crippen LogP contribution in [0.4, 0.5) is 5.88 Å². The van der Waals surface area contributed by atoms with E-state index in [-0.39, 0.29) is 11.8 Å². The van der Waals surface area contributed by atoms with Crippen molar-refractivity contribution < 1.29 is 14.1 Å². The average Bonchev–Trinajstić information content (AvgIpc) is 3.20. The van der Waals surface area contributed by atoms with Gasteiger partial charge in [0.15, 0.2) is 0 Å². The lowest BCUT2D eigenvalue weighted by Gasteiger charge is -2.47. The van der Waals surface area contributed by atoms with Crippen LogP contribution in [0.15, 0.2) is 16.5 Å². The van der Waals surface area contributed by atoms with Crippen molar-refractivity contribution >= 4 is 11.8 Å². The van der Waals surface area contributed by atoms with Crippen LogP contribution >= 0.6 is 0 Å². The molecule has 3 heterocycles. The van der Waals surface area contributed by atoms with Gasteiger partial charge in [0, 0.05) is 19.0 Å². The molecule has 4 rings (SSSR count). The number of amides is 1. The molecule has 0 unspecified atom stereocenters. The van der Waals surface area contributed by atoms with E-state index >= 15 is 0 Å². The van der Waals surface area contributed by atoms with Crippen molar-refractivity contribution in [3.63, 3.8) is 0 Å². The van der Waals surface area contributed by atoms with E-state index in [1.54, 1.807) is 6.07 Å². The highest BCUT2D eigenvalue weighted by Gasteiger charge is 2.39. The molecule has 7 heteroatoms. The maximum absolute atomic E-state index is 12.8. The van der Waals surface area contributed by atoms with Crippen LogP contribution in [0, 0.1) is 21.4 Å². The van der Waals surface area contributed by atoms with Crippen molar-refractivity contribution in [1.82, 2.24) is 9.80 Å². The molecule has 1 aromatic heterocycles. The summed E-state index contributed by atoms with van der Waals surface area (Å²) >= 11 is 0. The first-order chi connectivity index (χ1) is 13.5. The Morgan fingerprint density at radius 2 is 1.71 bits per heavy atom. The number of hydrogen-bond acceptors (Lipinski definition) is 5. The Labute approximate surface area is 166 Å². The largest absolute Gasteiger partial charge is 0.433 e.